The van der Waals surface area contributed by atoms with Crippen LogP contribution in [0.5, 0.6) is 0 Å². The van der Waals surface area contributed by atoms with E-state index in [2.05, 4.69) is 10.2 Å². The smallest absolute Gasteiger partial charge is 0.237 e. The molecule has 100 valence electrons. The lowest BCUT2D eigenvalue weighted by Crippen LogP contribution is -2.53. The van der Waals surface area contributed by atoms with Gasteiger partial charge in [-0.15, -0.1) is 12.4 Å². The Balaban J connectivity index is 0.00000144. The maximum atomic E-state index is 11.9. The normalized spacial score (nSPS) is 27.1. The van der Waals surface area contributed by atoms with Gasteiger partial charge in [-0.05, 0) is 19.8 Å². The fourth-order valence-corrected chi connectivity index (χ4v) is 1.95. The summed E-state index contributed by atoms with van der Waals surface area (Å²) >= 11 is 0. The average Bonchev–Trinajstić information content (AvgIpc) is 3.12. The monoisotopic (exact) mass is 263 g/mol. The van der Waals surface area contributed by atoms with Crippen LogP contribution in [0.15, 0.2) is 0 Å². The fraction of sp³-hybridized carbons (Fsp3) is 0.909. The van der Waals surface area contributed by atoms with Crippen LogP contribution in [-0.4, -0.2) is 55.2 Å². The third-order valence-electron chi connectivity index (χ3n) is 3.28. The number of nitrogens with zero attached hydrogens (tertiary/aromatic N) is 1. The molecule has 5 nitrogen and oxygen atoms in total. The van der Waals surface area contributed by atoms with Gasteiger partial charge in [-0.25, -0.2) is 0 Å². The summed E-state index contributed by atoms with van der Waals surface area (Å²) in [5, 5.41) is 3.03. The van der Waals surface area contributed by atoms with Crippen LogP contribution < -0.4 is 11.1 Å². The molecule has 2 unspecified atom stereocenters. The van der Waals surface area contributed by atoms with Gasteiger partial charge >= 0.3 is 0 Å². The van der Waals surface area contributed by atoms with Crippen molar-refractivity contribution in [3.63, 3.8) is 0 Å². The van der Waals surface area contributed by atoms with Crippen LogP contribution in [0.4, 0.5) is 0 Å². The molecule has 1 saturated carbocycles. The van der Waals surface area contributed by atoms with E-state index in [0.29, 0.717) is 19.2 Å². The summed E-state index contributed by atoms with van der Waals surface area (Å²) in [7, 11) is 0. The van der Waals surface area contributed by atoms with Crippen LogP contribution in [0.3, 0.4) is 0 Å². The lowest BCUT2D eigenvalue weighted by molar-refractivity contribution is -0.129. The van der Waals surface area contributed by atoms with Crippen molar-refractivity contribution in [1.29, 1.82) is 0 Å². The molecule has 3 N–H and O–H groups in total. The summed E-state index contributed by atoms with van der Waals surface area (Å²) in [4.78, 5) is 14.0. The molecule has 0 radical (unpaired) electrons. The van der Waals surface area contributed by atoms with Crippen molar-refractivity contribution in [2.75, 3.05) is 26.2 Å². The predicted octanol–water partition coefficient (Wildman–Crippen LogP) is -0.265. The van der Waals surface area contributed by atoms with Gasteiger partial charge in [0.1, 0.15) is 0 Å². The van der Waals surface area contributed by atoms with E-state index in [0.717, 1.165) is 25.9 Å². The Morgan fingerprint density at radius 1 is 1.59 bits per heavy atom. The minimum absolute atomic E-state index is 0. The van der Waals surface area contributed by atoms with Crippen LogP contribution in [0, 0.1) is 0 Å². The van der Waals surface area contributed by atoms with Crippen molar-refractivity contribution >= 4 is 18.3 Å². The van der Waals surface area contributed by atoms with Crippen LogP contribution in [0.25, 0.3) is 0 Å². The zero-order valence-electron chi connectivity index (χ0n) is 10.2. The molecule has 1 saturated heterocycles. The standard InChI is InChI=1S/C11H21N3O2.ClH/c1-8(11(15)13-9-2-3-9)14-4-5-16-10(6-12)7-14;/h8-10H,2-7,12H2,1H3,(H,13,15);1H. The fourth-order valence-electron chi connectivity index (χ4n) is 1.95. The van der Waals surface area contributed by atoms with E-state index in [-0.39, 0.29) is 30.5 Å². The minimum Gasteiger partial charge on any atom is -0.374 e. The van der Waals surface area contributed by atoms with Gasteiger partial charge in [-0.1, -0.05) is 0 Å². The molecule has 1 amide bonds. The molecule has 0 aromatic carbocycles. The van der Waals surface area contributed by atoms with Gasteiger partial charge in [-0.3, -0.25) is 9.69 Å². The van der Waals surface area contributed by atoms with Crippen molar-refractivity contribution in [1.82, 2.24) is 10.2 Å². The molecule has 2 atom stereocenters. The van der Waals surface area contributed by atoms with Crippen molar-refractivity contribution in [2.24, 2.45) is 5.73 Å². The number of morpholine rings is 1. The van der Waals surface area contributed by atoms with Gasteiger partial charge in [-0.2, -0.15) is 0 Å². The van der Waals surface area contributed by atoms with Crippen molar-refractivity contribution in [3.8, 4) is 0 Å². The van der Waals surface area contributed by atoms with Crippen LogP contribution >= 0.6 is 12.4 Å². The zero-order valence-corrected chi connectivity index (χ0v) is 11.0. The molecule has 2 rings (SSSR count). The zero-order chi connectivity index (χ0) is 11.5. The molecule has 2 fully saturated rings. The first-order valence-electron chi connectivity index (χ1n) is 6.07. The van der Waals surface area contributed by atoms with Gasteiger partial charge in [0.05, 0.1) is 18.8 Å². The third kappa shape index (κ3) is 4.10. The Bertz CT molecular complexity index is 261. The highest BCUT2D eigenvalue weighted by atomic mass is 35.5. The molecule has 1 aliphatic heterocycles. The van der Waals surface area contributed by atoms with E-state index in [4.69, 9.17) is 10.5 Å². The lowest BCUT2D eigenvalue weighted by Gasteiger charge is -2.35. The molecule has 0 bridgehead atoms. The molecule has 17 heavy (non-hydrogen) atoms. The van der Waals surface area contributed by atoms with Crippen LogP contribution in [-0.2, 0) is 9.53 Å². The SMILES string of the molecule is CC(C(=O)NC1CC1)N1CCOC(CN)C1.Cl. The molecule has 0 spiro atoms. The van der Waals surface area contributed by atoms with E-state index in [1.54, 1.807) is 0 Å². The number of amides is 1. The maximum Gasteiger partial charge on any atom is 0.237 e. The summed E-state index contributed by atoms with van der Waals surface area (Å²) in [6.45, 7) is 4.72. The summed E-state index contributed by atoms with van der Waals surface area (Å²) in [5.41, 5.74) is 5.58. The first-order valence-corrected chi connectivity index (χ1v) is 6.07. The summed E-state index contributed by atoms with van der Waals surface area (Å²) < 4.78 is 5.48. The molecular weight excluding hydrogens is 242 g/mol. The topological polar surface area (TPSA) is 67.6 Å². The third-order valence-corrected chi connectivity index (χ3v) is 3.28. The lowest BCUT2D eigenvalue weighted by atomic mass is 10.2. The quantitative estimate of drug-likeness (QED) is 0.733. The second kappa shape index (κ2) is 6.54. The van der Waals surface area contributed by atoms with Crippen LogP contribution in [0.1, 0.15) is 19.8 Å². The second-order valence-corrected chi connectivity index (χ2v) is 4.68. The summed E-state index contributed by atoms with van der Waals surface area (Å²) in [6.07, 6.45) is 2.34. The predicted molar refractivity (Wildman–Crippen MR) is 68.2 cm³/mol. The van der Waals surface area contributed by atoms with Gasteiger partial charge in [0.2, 0.25) is 5.91 Å². The van der Waals surface area contributed by atoms with Gasteiger partial charge in [0, 0.05) is 25.7 Å². The Kier molecular flexibility index (Phi) is 5.66. The minimum atomic E-state index is -0.0708. The van der Waals surface area contributed by atoms with Crippen LogP contribution in [0.2, 0.25) is 0 Å². The van der Waals surface area contributed by atoms with E-state index >= 15 is 0 Å². The molecule has 2 aliphatic rings. The number of nitrogens with two attached hydrogens (primary N) is 1. The largest absolute Gasteiger partial charge is 0.374 e. The average molecular weight is 264 g/mol. The highest BCUT2D eigenvalue weighted by Crippen LogP contribution is 2.19. The highest BCUT2D eigenvalue weighted by molar-refractivity contribution is 5.85. The number of carbonyl (C=O) groups is 1. The molecule has 0 aromatic heterocycles. The molecule has 6 heteroatoms. The van der Waals surface area contributed by atoms with E-state index in [1.807, 2.05) is 6.92 Å². The summed E-state index contributed by atoms with van der Waals surface area (Å²) in [6, 6.07) is 0.361. The highest BCUT2D eigenvalue weighted by Gasteiger charge is 2.30. The Morgan fingerprint density at radius 3 is 2.88 bits per heavy atom. The summed E-state index contributed by atoms with van der Waals surface area (Å²) in [5.74, 6) is 0.139. The maximum absolute atomic E-state index is 11.9. The Labute approximate surface area is 108 Å². The first-order chi connectivity index (χ1) is 7.70. The number of hydrogen-bond donors (Lipinski definition) is 2. The van der Waals surface area contributed by atoms with Gasteiger partial charge in [0.15, 0.2) is 0 Å². The van der Waals surface area contributed by atoms with Gasteiger partial charge < -0.3 is 15.8 Å². The second-order valence-electron chi connectivity index (χ2n) is 4.68. The molecule has 1 aliphatic carbocycles. The number of nitrogens with one attached hydrogen (secondary N) is 1. The number of halogens is 1. The molecule has 0 aromatic rings. The Hall–Kier alpha value is -0.360. The van der Waals surface area contributed by atoms with Crippen molar-refractivity contribution in [2.45, 2.75) is 38.0 Å². The Morgan fingerprint density at radius 2 is 2.29 bits per heavy atom. The first kappa shape index (κ1) is 14.7. The number of carbonyl (C=O) groups excluding carboxylic acids is 1. The number of ether oxygens (including phenoxy) is 1. The van der Waals surface area contributed by atoms with E-state index < -0.39 is 0 Å². The molecule has 1 heterocycles. The van der Waals surface area contributed by atoms with E-state index in [1.165, 1.54) is 0 Å². The van der Waals surface area contributed by atoms with Crippen molar-refractivity contribution in [3.05, 3.63) is 0 Å². The molecular formula is C11H22ClN3O2. The number of rotatable bonds is 4. The number of hydrogen-bond acceptors (Lipinski definition) is 4. The van der Waals surface area contributed by atoms with E-state index in [9.17, 15) is 4.79 Å². The van der Waals surface area contributed by atoms with Gasteiger partial charge in [0.25, 0.3) is 0 Å². The van der Waals surface area contributed by atoms with Crippen molar-refractivity contribution < 1.29 is 9.53 Å².